The number of likely N-dealkylation sites (tertiary alicyclic amines) is 1. The van der Waals surface area contributed by atoms with Crippen LogP contribution in [0.5, 0.6) is 5.75 Å². The predicted molar refractivity (Wildman–Crippen MR) is 141 cm³/mol. The molecule has 0 saturated carbocycles. The number of carbonyl (C=O) groups excluding carboxylic acids is 1. The summed E-state index contributed by atoms with van der Waals surface area (Å²) in [6.07, 6.45) is 2.41. The van der Waals surface area contributed by atoms with Crippen LogP contribution >= 0.6 is 0 Å². The summed E-state index contributed by atoms with van der Waals surface area (Å²) in [4.78, 5) is 35.0. The number of rotatable bonds is 8. The number of aliphatic imine (C=N–C) groups is 1. The van der Waals surface area contributed by atoms with Gasteiger partial charge in [0.2, 0.25) is 5.91 Å². The molecule has 0 spiro atoms. The molecule has 3 heterocycles. The maximum Gasteiger partial charge on any atom is 0.272 e. The molecule has 1 unspecified atom stereocenters. The fourth-order valence-electron chi connectivity index (χ4n) is 5.67. The Balaban J connectivity index is 1.38. The molecule has 5 rings (SSSR count). The van der Waals surface area contributed by atoms with E-state index in [2.05, 4.69) is 10.00 Å². The number of aromatic nitrogens is 2. The molecule has 1 saturated heterocycles. The van der Waals surface area contributed by atoms with Crippen LogP contribution in [0.15, 0.2) is 21.9 Å². The van der Waals surface area contributed by atoms with E-state index in [1.54, 1.807) is 17.0 Å². The van der Waals surface area contributed by atoms with E-state index in [1.165, 1.54) is 4.68 Å². The number of fused-ring (bicyclic) bond motifs is 2. The van der Waals surface area contributed by atoms with Gasteiger partial charge in [0, 0.05) is 43.2 Å². The summed E-state index contributed by atoms with van der Waals surface area (Å²) in [5.41, 5.74) is 4.57. The van der Waals surface area contributed by atoms with Gasteiger partial charge >= 0.3 is 0 Å². The lowest BCUT2D eigenvalue weighted by Crippen LogP contribution is -2.40. The summed E-state index contributed by atoms with van der Waals surface area (Å²) >= 11 is 0. The van der Waals surface area contributed by atoms with Crippen LogP contribution in [0.1, 0.15) is 47.2 Å². The van der Waals surface area contributed by atoms with Crippen molar-refractivity contribution in [2.24, 2.45) is 4.99 Å². The number of carbonyl (C=O) groups is 1. The van der Waals surface area contributed by atoms with Gasteiger partial charge in [-0.15, -0.1) is 0 Å². The quantitative estimate of drug-likeness (QED) is 0.512. The lowest BCUT2D eigenvalue weighted by atomic mass is 9.90. The van der Waals surface area contributed by atoms with Gasteiger partial charge in [0.25, 0.3) is 12.0 Å². The van der Waals surface area contributed by atoms with Crippen LogP contribution in [0, 0.1) is 11.3 Å². The maximum absolute atomic E-state index is 13.3. The summed E-state index contributed by atoms with van der Waals surface area (Å²) in [7, 11) is 4.01. The van der Waals surface area contributed by atoms with Crippen molar-refractivity contribution in [3.63, 3.8) is 0 Å². The van der Waals surface area contributed by atoms with Crippen molar-refractivity contribution < 1.29 is 18.3 Å². The van der Waals surface area contributed by atoms with E-state index >= 15 is 0 Å². The van der Waals surface area contributed by atoms with Gasteiger partial charge in [-0.25, -0.2) is 13.5 Å². The molecule has 11 heteroatoms. The summed E-state index contributed by atoms with van der Waals surface area (Å²) in [6.45, 7) is 0.422. The first-order chi connectivity index (χ1) is 18.7. The van der Waals surface area contributed by atoms with Crippen LogP contribution < -0.4 is 10.3 Å². The largest absolute Gasteiger partial charge is 0.486 e. The standard InChI is InChI=1S/C28H32F2N6O3/c1-34(2)20-7-8-35(14-20)27(37)15-36-28(38)22-6-4-3-5-21(22)24(33-36)12-19-9-17-11-25(39-16-26(29)30)18(13-31)10-23(17)32-19/h10-11,20,26H,3-9,12,14-16H2,1-2H3. The number of likely N-dealkylation sites (N-methyl/N-ethyl adjacent to an activating group) is 1. The highest BCUT2D eigenvalue weighted by molar-refractivity contribution is 5.95. The van der Waals surface area contributed by atoms with Gasteiger partial charge in [0.1, 0.15) is 25.0 Å². The van der Waals surface area contributed by atoms with E-state index in [0.717, 1.165) is 53.8 Å². The molecule has 0 N–H and O–H groups in total. The van der Waals surface area contributed by atoms with Gasteiger partial charge in [0.05, 0.1) is 16.9 Å². The van der Waals surface area contributed by atoms with Crippen molar-refractivity contribution in [2.75, 3.05) is 33.8 Å². The fourth-order valence-corrected chi connectivity index (χ4v) is 5.67. The Morgan fingerprint density at radius 1 is 1.26 bits per heavy atom. The molecule has 2 aromatic rings. The van der Waals surface area contributed by atoms with E-state index in [0.29, 0.717) is 44.1 Å². The van der Waals surface area contributed by atoms with Crippen molar-refractivity contribution in [2.45, 2.75) is 64.0 Å². The molecule has 39 heavy (non-hydrogen) atoms. The summed E-state index contributed by atoms with van der Waals surface area (Å²) in [5.74, 6) is 0.00983. The molecule has 9 nitrogen and oxygen atoms in total. The molecule has 1 aromatic carbocycles. The Kier molecular flexibility index (Phi) is 7.75. The summed E-state index contributed by atoms with van der Waals surface area (Å²) < 4.78 is 31.8. The highest BCUT2D eigenvalue weighted by Crippen LogP contribution is 2.34. The molecule has 3 aliphatic rings. The van der Waals surface area contributed by atoms with E-state index in [4.69, 9.17) is 9.73 Å². The first kappa shape index (κ1) is 26.9. The summed E-state index contributed by atoms with van der Waals surface area (Å²) in [5, 5.41) is 14.1. The van der Waals surface area contributed by atoms with Crippen LogP contribution in [-0.4, -0.2) is 77.5 Å². The zero-order valence-corrected chi connectivity index (χ0v) is 22.3. The van der Waals surface area contributed by atoms with Gasteiger partial charge in [0.15, 0.2) is 0 Å². The lowest BCUT2D eigenvalue weighted by molar-refractivity contribution is -0.131. The number of nitrogens with zero attached hydrogens (tertiary/aromatic N) is 6. The number of ether oxygens (including phenoxy) is 1. The monoisotopic (exact) mass is 538 g/mol. The zero-order valence-electron chi connectivity index (χ0n) is 22.3. The Morgan fingerprint density at radius 3 is 2.72 bits per heavy atom. The second-order valence-electron chi connectivity index (χ2n) is 10.6. The third kappa shape index (κ3) is 5.71. The van der Waals surface area contributed by atoms with Crippen LogP contribution in [0.25, 0.3) is 0 Å². The molecule has 206 valence electrons. The van der Waals surface area contributed by atoms with Crippen LogP contribution in [0.3, 0.4) is 0 Å². The highest BCUT2D eigenvalue weighted by atomic mass is 19.3. The highest BCUT2D eigenvalue weighted by Gasteiger charge is 2.29. The number of nitriles is 1. The zero-order chi connectivity index (χ0) is 27.7. The number of alkyl halides is 2. The fraction of sp³-hybridized carbons (Fsp3) is 0.536. The van der Waals surface area contributed by atoms with E-state index in [-0.39, 0.29) is 29.3 Å². The van der Waals surface area contributed by atoms with E-state index in [1.807, 2.05) is 20.2 Å². The Bertz CT molecular complexity index is 1410. The van der Waals surface area contributed by atoms with Crippen molar-refractivity contribution in [3.05, 3.63) is 50.4 Å². The van der Waals surface area contributed by atoms with Gasteiger partial charge in [-0.1, -0.05) is 0 Å². The smallest absolute Gasteiger partial charge is 0.272 e. The van der Waals surface area contributed by atoms with Crippen molar-refractivity contribution in [1.82, 2.24) is 19.6 Å². The van der Waals surface area contributed by atoms with E-state index < -0.39 is 13.0 Å². The molecule has 1 aliphatic carbocycles. The number of hydrogen-bond donors (Lipinski definition) is 0. The molecule has 1 amide bonds. The topological polar surface area (TPSA) is 104 Å². The summed E-state index contributed by atoms with van der Waals surface area (Å²) in [6, 6.07) is 5.46. The minimum Gasteiger partial charge on any atom is -0.486 e. The predicted octanol–water partition coefficient (Wildman–Crippen LogP) is 2.67. The second-order valence-corrected chi connectivity index (χ2v) is 10.6. The van der Waals surface area contributed by atoms with Gasteiger partial charge < -0.3 is 14.5 Å². The van der Waals surface area contributed by atoms with E-state index in [9.17, 15) is 23.6 Å². The SMILES string of the molecule is CN(C)C1CCN(C(=O)Cn2nc(CC3=Nc4cc(C#N)c(OCC(F)F)cc4C3)c3c(c2=O)CCCC3)C1. The molecule has 1 aromatic heterocycles. The normalized spacial score (nSPS) is 18.2. The molecule has 2 aliphatic heterocycles. The number of amides is 1. The Morgan fingerprint density at radius 2 is 2.03 bits per heavy atom. The van der Waals surface area contributed by atoms with Crippen LogP contribution in [0.2, 0.25) is 0 Å². The third-order valence-corrected chi connectivity index (χ3v) is 7.79. The van der Waals surface area contributed by atoms with Crippen LogP contribution in [0.4, 0.5) is 14.5 Å². The maximum atomic E-state index is 13.3. The molecule has 1 atom stereocenters. The number of hydrogen-bond acceptors (Lipinski definition) is 7. The molecule has 0 bridgehead atoms. The molecular formula is C28H32F2N6O3. The number of benzene rings is 1. The van der Waals surface area contributed by atoms with Crippen molar-refractivity contribution in [1.29, 1.82) is 5.26 Å². The van der Waals surface area contributed by atoms with Gasteiger partial charge in [-0.3, -0.25) is 14.6 Å². The second kappa shape index (κ2) is 11.2. The third-order valence-electron chi connectivity index (χ3n) is 7.79. The molecule has 1 fully saturated rings. The minimum absolute atomic E-state index is 0.0949. The Labute approximate surface area is 225 Å². The first-order valence-corrected chi connectivity index (χ1v) is 13.3. The first-order valence-electron chi connectivity index (χ1n) is 13.3. The van der Waals surface area contributed by atoms with Crippen LogP contribution in [-0.2, 0) is 37.0 Å². The Hall–Kier alpha value is -3.65. The van der Waals surface area contributed by atoms with Gasteiger partial charge in [-0.05, 0) is 69.5 Å². The van der Waals surface area contributed by atoms with Crippen molar-refractivity contribution in [3.8, 4) is 11.8 Å². The average molecular weight is 539 g/mol. The molecular weight excluding hydrogens is 506 g/mol. The number of halogens is 2. The minimum atomic E-state index is -2.64. The lowest BCUT2D eigenvalue weighted by Gasteiger charge is -2.22. The van der Waals surface area contributed by atoms with Crippen molar-refractivity contribution >= 4 is 17.3 Å². The average Bonchev–Trinajstić information content (AvgIpc) is 3.56. The van der Waals surface area contributed by atoms with Gasteiger partial charge in [-0.2, -0.15) is 10.4 Å². The molecule has 0 radical (unpaired) electrons.